The quantitative estimate of drug-likeness (QED) is 0.562. The molecule has 0 aliphatic carbocycles. The lowest BCUT2D eigenvalue weighted by molar-refractivity contribution is -0.137. The Balaban J connectivity index is 1.83. The minimum absolute atomic E-state index is 0.157. The summed E-state index contributed by atoms with van der Waals surface area (Å²) in [5.41, 5.74) is 3.31. The third-order valence-corrected chi connectivity index (χ3v) is 4.00. The first-order valence-electron chi connectivity index (χ1n) is 7.95. The maximum Gasteiger partial charge on any atom is 0.417 e. The summed E-state index contributed by atoms with van der Waals surface area (Å²) in [4.78, 5) is 16.2. The van der Waals surface area contributed by atoms with Crippen LogP contribution in [-0.4, -0.2) is 20.6 Å². The first-order chi connectivity index (χ1) is 12.8. The van der Waals surface area contributed by atoms with Crippen molar-refractivity contribution in [2.75, 3.05) is 5.43 Å². The summed E-state index contributed by atoms with van der Waals surface area (Å²) in [7, 11) is 1.72. The number of benzene rings is 1. The van der Waals surface area contributed by atoms with E-state index in [1.807, 2.05) is 30.3 Å². The number of nitrogens with one attached hydrogen (secondary N) is 1. The Morgan fingerprint density at radius 1 is 1.15 bits per heavy atom. The second-order valence-corrected chi connectivity index (χ2v) is 5.79. The molecule has 0 atom stereocenters. The van der Waals surface area contributed by atoms with E-state index in [1.54, 1.807) is 18.7 Å². The van der Waals surface area contributed by atoms with E-state index in [0.717, 1.165) is 12.3 Å². The normalized spacial score (nSPS) is 11.9. The van der Waals surface area contributed by atoms with Crippen molar-refractivity contribution in [2.45, 2.75) is 13.1 Å². The largest absolute Gasteiger partial charge is 0.417 e. The van der Waals surface area contributed by atoms with Crippen molar-refractivity contribution in [3.63, 3.8) is 0 Å². The zero-order chi connectivity index (χ0) is 19.6. The molecular weight excluding hydrogens is 359 g/mol. The van der Waals surface area contributed by atoms with E-state index in [0.29, 0.717) is 16.9 Å². The van der Waals surface area contributed by atoms with Gasteiger partial charge in [-0.15, -0.1) is 0 Å². The Morgan fingerprint density at radius 3 is 2.44 bits per heavy atom. The number of hydrazone groups is 1. The monoisotopic (exact) mass is 375 g/mol. The molecule has 0 saturated heterocycles. The van der Waals surface area contributed by atoms with E-state index in [9.17, 15) is 18.0 Å². The summed E-state index contributed by atoms with van der Waals surface area (Å²) in [6, 6.07) is 11.2. The van der Waals surface area contributed by atoms with Crippen molar-refractivity contribution in [3.8, 4) is 5.69 Å². The van der Waals surface area contributed by atoms with Gasteiger partial charge in [0.15, 0.2) is 0 Å². The van der Waals surface area contributed by atoms with Crippen LogP contribution in [0, 0.1) is 6.92 Å². The lowest BCUT2D eigenvalue weighted by atomic mass is 10.3. The highest BCUT2D eigenvalue weighted by atomic mass is 19.4. The fraction of sp³-hybridized carbons (Fsp3) is 0.167. The number of hydrogen-bond donors (Lipinski definition) is 1. The molecule has 2 aromatic heterocycles. The first-order valence-corrected chi connectivity index (χ1v) is 7.95. The average Bonchev–Trinajstić information content (AvgIpc) is 2.85. The van der Waals surface area contributed by atoms with Gasteiger partial charge in [0.05, 0.1) is 23.2 Å². The molecular formula is C18H16F3N5O. The fourth-order valence-corrected chi connectivity index (χ4v) is 2.58. The van der Waals surface area contributed by atoms with Crippen LogP contribution in [0.25, 0.3) is 5.69 Å². The van der Waals surface area contributed by atoms with Crippen LogP contribution >= 0.6 is 0 Å². The van der Waals surface area contributed by atoms with Gasteiger partial charge in [0, 0.05) is 18.8 Å². The van der Waals surface area contributed by atoms with E-state index in [-0.39, 0.29) is 11.4 Å². The number of para-hydroxylation sites is 1. The Kier molecular flexibility index (Phi) is 4.85. The molecule has 6 nitrogen and oxygen atoms in total. The van der Waals surface area contributed by atoms with Crippen molar-refractivity contribution in [3.05, 3.63) is 75.8 Å². The molecule has 3 rings (SSSR count). The summed E-state index contributed by atoms with van der Waals surface area (Å²) in [5, 5.41) is 3.98. The summed E-state index contributed by atoms with van der Waals surface area (Å²) in [6.45, 7) is 1.68. The number of halogens is 3. The van der Waals surface area contributed by atoms with Gasteiger partial charge in [0.2, 0.25) is 0 Å². The molecule has 0 aliphatic heterocycles. The molecule has 0 aliphatic rings. The van der Waals surface area contributed by atoms with Crippen molar-refractivity contribution < 1.29 is 13.2 Å². The predicted molar refractivity (Wildman–Crippen MR) is 96.2 cm³/mol. The highest BCUT2D eigenvalue weighted by Crippen LogP contribution is 2.28. The van der Waals surface area contributed by atoms with E-state index in [2.05, 4.69) is 15.5 Å². The number of hydrogen-bond acceptors (Lipinski definition) is 4. The molecule has 0 spiro atoms. The fourth-order valence-electron chi connectivity index (χ4n) is 2.58. The molecule has 0 saturated carbocycles. The zero-order valence-electron chi connectivity index (χ0n) is 14.5. The van der Waals surface area contributed by atoms with Gasteiger partial charge in [-0.1, -0.05) is 18.2 Å². The third kappa shape index (κ3) is 3.76. The molecule has 1 N–H and O–H groups in total. The van der Waals surface area contributed by atoms with Crippen LogP contribution in [0.3, 0.4) is 0 Å². The van der Waals surface area contributed by atoms with Crippen molar-refractivity contribution in [1.29, 1.82) is 0 Å². The highest BCUT2D eigenvalue weighted by Gasteiger charge is 2.30. The Morgan fingerprint density at radius 2 is 1.85 bits per heavy atom. The van der Waals surface area contributed by atoms with E-state index >= 15 is 0 Å². The maximum absolute atomic E-state index is 12.5. The van der Waals surface area contributed by atoms with E-state index in [1.165, 1.54) is 17.0 Å². The minimum atomic E-state index is -4.44. The van der Waals surface area contributed by atoms with E-state index in [4.69, 9.17) is 0 Å². The van der Waals surface area contributed by atoms with Crippen LogP contribution in [0.5, 0.6) is 0 Å². The topological polar surface area (TPSA) is 64.2 Å². The number of pyridine rings is 1. The standard InChI is InChI=1S/C18H16F3N5O/c1-12-15(25(2)26(17(12)27)14-6-4-3-5-7-14)11-23-24-16-9-8-13(10-22-16)18(19,20)21/h3-11H,1-2H3,(H,22,24)/b23-11-. The van der Waals surface area contributed by atoms with Crippen molar-refractivity contribution in [1.82, 2.24) is 14.3 Å². The number of alkyl halides is 3. The zero-order valence-corrected chi connectivity index (χ0v) is 14.5. The summed E-state index contributed by atoms with van der Waals surface area (Å²) >= 11 is 0. The van der Waals surface area contributed by atoms with Gasteiger partial charge in [-0.05, 0) is 31.2 Å². The van der Waals surface area contributed by atoms with Crippen LogP contribution in [0.2, 0.25) is 0 Å². The maximum atomic E-state index is 12.5. The lowest BCUT2D eigenvalue weighted by Gasteiger charge is -2.08. The van der Waals surface area contributed by atoms with Gasteiger partial charge < -0.3 is 0 Å². The Labute approximate surface area is 152 Å². The smallest absolute Gasteiger partial charge is 0.279 e. The number of aromatic nitrogens is 3. The second kappa shape index (κ2) is 7.10. The average molecular weight is 375 g/mol. The molecule has 2 heterocycles. The van der Waals surface area contributed by atoms with Gasteiger partial charge in [0.1, 0.15) is 5.82 Å². The van der Waals surface area contributed by atoms with Gasteiger partial charge in [-0.3, -0.25) is 14.9 Å². The van der Waals surface area contributed by atoms with Gasteiger partial charge in [-0.2, -0.15) is 18.3 Å². The SMILES string of the molecule is Cc1c(/C=N\Nc2ccc(C(F)(F)F)cn2)n(C)n(-c2ccccc2)c1=O. The second-order valence-electron chi connectivity index (χ2n) is 5.79. The summed E-state index contributed by atoms with van der Waals surface area (Å²) in [5.74, 6) is 0.157. The first kappa shape index (κ1) is 18.4. The number of anilines is 1. The molecule has 9 heteroatoms. The Bertz CT molecular complexity index is 1020. The summed E-state index contributed by atoms with van der Waals surface area (Å²) < 4.78 is 40.8. The van der Waals surface area contributed by atoms with Gasteiger partial charge in [-0.25, -0.2) is 9.67 Å². The van der Waals surface area contributed by atoms with E-state index < -0.39 is 11.7 Å². The number of rotatable bonds is 4. The predicted octanol–water partition coefficient (Wildman–Crippen LogP) is 3.34. The molecule has 1 aromatic carbocycles. The molecule has 140 valence electrons. The molecule has 0 fully saturated rings. The van der Waals surface area contributed by atoms with Crippen LogP contribution in [0.1, 0.15) is 16.8 Å². The summed E-state index contributed by atoms with van der Waals surface area (Å²) in [6.07, 6.45) is -2.29. The van der Waals surface area contributed by atoms with Gasteiger partial charge in [0.25, 0.3) is 5.56 Å². The van der Waals surface area contributed by atoms with Crippen LogP contribution in [0.15, 0.2) is 58.6 Å². The Hall–Kier alpha value is -3.36. The van der Waals surface area contributed by atoms with Crippen LogP contribution < -0.4 is 11.0 Å². The third-order valence-electron chi connectivity index (χ3n) is 4.00. The molecule has 0 unspecified atom stereocenters. The van der Waals surface area contributed by atoms with Gasteiger partial charge >= 0.3 is 6.18 Å². The van der Waals surface area contributed by atoms with Crippen molar-refractivity contribution >= 4 is 12.0 Å². The molecule has 0 radical (unpaired) electrons. The van der Waals surface area contributed by atoms with Crippen molar-refractivity contribution in [2.24, 2.45) is 12.1 Å². The molecule has 0 bridgehead atoms. The minimum Gasteiger partial charge on any atom is -0.279 e. The lowest BCUT2D eigenvalue weighted by Crippen LogP contribution is -2.20. The van der Waals surface area contributed by atoms with Crippen LogP contribution in [-0.2, 0) is 13.2 Å². The molecule has 27 heavy (non-hydrogen) atoms. The van der Waals surface area contributed by atoms with Crippen LogP contribution in [0.4, 0.5) is 19.0 Å². The highest BCUT2D eigenvalue weighted by molar-refractivity contribution is 5.80. The molecule has 3 aromatic rings. The number of nitrogens with zero attached hydrogens (tertiary/aromatic N) is 4. The molecule has 0 amide bonds.